The third kappa shape index (κ3) is 15.8. The fraction of sp³-hybridized carbons (Fsp3) is 1.00. The van der Waals surface area contributed by atoms with E-state index in [1.165, 1.54) is 0 Å². The third-order valence-corrected chi connectivity index (χ3v) is 2.45. The van der Waals surface area contributed by atoms with Crippen molar-refractivity contribution in [2.45, 2.75) is 0 Å². The molecule has 0 fully saturated rings. The lowest BCUT2D eigenvalue weighted by Gasteiger charge is -2.14. The lowest BCUT2D eigenvalue weighted by Crippen LogP contribution is -2.26. The molecule has 7 heteroatoms. The maximum Gasteiger partial charge on any atom is 0.0701 e. The predicted molar refractivity (Wildman–Crippen MR) is 74.9 cm³/mol. The van der Waals surface area contributed by atoms with Crippen LogP contribution in [0.4, 0.5) is 0 Å². The number of likely N-dealkylation sites (N-methyl/N-ethyl adjacent to an activating group) is 1. The van der Waals surface area contributed by atoms with Gasteiger partial charge in [0.05, 0.1) is 66.1 Å². The van der Waals surface area contributed by atoms with E-state index in [1.807, 2.05) is 11.9 Å². The number of nitrogens with zero attached hydrogens (tertiary/aromatic N) is 1. The van der Waals surface area contributed by atoms with Crippen molar-refractivity contribution in [3.63, 3.8) is 0 Å². The SMILES string of the molecule is CN(CCO)CCOCCOCCOCCOCCO. The Hall–Kier alpha value is -0.280. The first-order valence-corrected chi connectivity index (χ1v) is 7.02. The van der Waals surface area contributed by atoms with Crippen molar-refractivity contribution in [2.24, 2.45) is 0 Å². The first-order valence-electron chi connectivity index (χ1n) is 7.02. The number of rotatable bonds is 16. The van der Waals surface area contributed by atoms with Crippen LogP contribution < -0.4 is 0 Å². The van der Waals surface area contributed by atoms with Crippen molar-refractivity contribution in [1.82, 2.24) is 4.90 Å². The van der Waals surface area contributed by atoms with E-state index in [1.54, 1.807) is 0 Å². The monoisotopic (exact) mass is 295 g/mol. The fourth-order valence-electron chi connectivity index (χ4n) is 1.33. The zero-order valence-electron chi connectivity index (χ0n) is 12.5. The van der Waals surface area contributed by atoms with E-state index < -0.39 is 0 Å². The lowest BCUT2D eigenvalue weighted by atomic mass is 10.5. The molecule has 2 N–H and O–H groups in total. The lowest BCUT2D eigenvalue weighted by molar-refractivity contribution is -0.00693. The molecular weight excluding hydrogens is 266 g/mol. The number of ether oxygens (including phenoxy) is 4. The largest absolute Gasteiger partial charge is 0.395 e. The Morgan fingerprint density at radius 2 is 1.05 bits per heavy atom. The Bertz CT molecular complexity index is 184. The predicted octanol–water partition coefficient (Wildman–Crippen LogP) is -1.03. The van der Waals surface area contributed by atoms with Crippen LogP contribution in [0.25, 0.3) is 0 Å². The second kappa shape index (κ2) is 16.8. The number of hydrogen-bond acceptors (Lipinski definition) is 7. The highest BCUT2D eigenvalue weighted by atomic mass is 16.6. The first kappa shape index (κ1) is 19.7. The molecule has 122 valence electrons. The zero-order valence-corrected chi connectivity index (χ0v) is 12.5. The van der Waals surface area contributed by atoms with Crippen LogP contribution >= 0.6 is 0 Å². The Labute approximate surface area is 121 Å². The van der Waals surface area contributed by atoms with Gasteiger partial charge in [-0.1, -0.05) is 0 Å². The summed E-state index contributed by atoms with van der Waals surface area (Å²) < 4.78 is 21.0. The zero-order chi connectivity index (χ0) is 14.9. The van der Waals surface area contributed by atoms with Gasteiger partial charge in [-0.2, -0.15) is 0 Å². The van der Waals surface area contributed by atoms with Crippen LogP contribution in [-0.4, -0.2) is 101 Å². The van der Waals surface area contributed by atoms with Crippen LogP contribution in [-0.2, 0) is 18.9 Å². The standard InChI is InChI=1S/C13H29NO6/c1-14(2-4-15)3-6-17-8-10-19-12-13-20-11-9-18-7-5-16/h15-16H,2-13H2,1H3. The van der Waals surface area contributed by atoms with E-state index in [0.717, 1.165) is 6.54 Å². The molecule has 0 aliphatic rings. The van der Waals surface area contributed by atoms with Crippen LogP contribution in [0.2, 0.25) is 0 Å². The van der Waals surface area contributed by atoms with Crippen molar-refractivity contribution in [2.75, 3.05) is 86.2 Å². The molecule has 0 heterocycles. The molecule has 0 amide bonds. The Morgan fingerprint density at radius 3 is 1.50 bits per heavy atom. The molecule has 0 radical (unpaired) electrons. The minimum Gasteiger partial charge on any atom is -0.395 e. The van der Waals surface area contributed by atoms with Gasteiger partial charge in [0.15, 0.2) is 0 Å². The molecule has 0 aliphatic carbocycles. The molecular formula is C13H29NO6. The molecule has 0 aliphatic heterocycles. The molecule has 0 aromatic heterocycles. The second-order valence-corrected chi connectivity index (χ2v) is 4.20. The normalized spacial score (nSPS) is 11.4. The van der Waals surface area contributed by atoms with Crippen molar-refractivity contribution < 1.29 is 29.2 Å². The van der Waals surface area contributed by atoms with Gasteiger partial charge in [-0.3, -0.25) is 0 Å². The minimum atomic E-state index is 0.0406. The number of aliphatic hydroxyl groups is 2. The number of aliphatic hydroxyl groups excluding tert-OH is 2. The van der Waals surface area contributed by atoms with Crippen LogP contribution in [0, 0.1) is 0 Å². The van der Waals surface area contributed by atoms with Crippen molar-refractivity contribution in [3.05, 3.63) is 0 Å². The summed E-state index contributed by atoms with van der Waals surface area (Å²) in [6.45, 7) is 5.85. The quantitative estimate of drug-likeness (QED) is 0.352. The average Bonchev–Trinajstić information content (AvgIpc) is 2.44. The van der Waals surface area contributed by atoms with Gasteiger partial charge in [0.2, 0.25) is 0 Å². The van der Waals surface area contributed by atoms with E-state index in [2.05, 4.69) is 0 Å². The van der Waals surface area contributed by atoms with E-state index >= 15 is 0 Å². The Balaban J connectivity index is 2.99. The summed E-state index contributed by atoms with van der Waals surface area (Å²) >= 11 is 0. The van der Waals surface area contributed by atoms with Gasteiger partial charge < -0.3 is 34.1 Å². The maximum absolute atomic E-state index is 8.71. The molecule has 0 bridgehead atoms. The molecule has 0 aromatic rings. The Morgan fingerprint density at radius 1 is 0.600 bits per heavy atom. The number of hydrogen-bond donors (Lipinski definition) is 2. The van der Waals surface area contributed by atoms with E-state index in [0.29, 0.717) is 59.4 Å². The van der Waals surface area contributed by atoms with Crippen LogP contribution in [0.15, 0.2) is 0 Å². The highest BCUT2D eigenvalue weighted by Crippen LogP contribution is 1.85. The molecule has 0 aromatic carbocycles. The molecule has 0 unspecified atom stereocenters. The van der Waals surface area contributed by atoms with E-state index in [9.17, 15) is 0 Å². The van der Waals surface area contributed by atoms with E-state index in [-0.39, 0.29) is 13.2 Å². The summed E-state index contributed by atoms with van der Waals surface area (Å²) in [6, 6.07) is 0. The molecule has 7 nitrogen and oxygen atoms in total. The smallest absolute Gasteiger partial charge is 0.0701 e. The minimum absolute atomic E-state index is 0.0406. The van der Waals surface area contributed by atoms with Crippen molar-refractivity contribution >= 4 is 0 Å². The van der Waals surface area contributed by atoms with Crippen LogP contribution in [0.1, 0.15) is 0 Å². The second-order valence-electron chi connectivity index (χ2n) is 4.20. The topological polar surface area (TPSA) is 80.6 Å². The third-order valence-electron chi connectivity index (χ3n) is 2.45. The van der Waals surface area contributed by atoms with Gasteiger partial charge in [0, 0.05) is 13.1 Å². The fourth-order valence-corrected chi connectivity index (χ4v) is 1.33. The Kier molecular flexibility index (Phi) is 16.5. The summed E-state index contributed by atoms with van der Waals surface area (Å²) in [7, 11) is 1.94. The average molecular weight is 295 g/mol. The summed E-state index contributed by atoms with van der Waals surface area (Å²) in [5, 5.41) is 17.2. The van der Waals surface area contributed by atoms with Gasteiger partial charge in [0.1, 0.15) is 0 Å². The van der Waals surface area contributed by atoms with Crippen molar-refractivity contribution in [3.8, 4) is 0 Å². The van der Waals surface area contributed by atoms with E-state index in [4.69, 9.17) is 29.2 Å². The molecule has 0 rings (SSSR count). The summed E-state index contributed by atoms with van der Waals surface area (Å²) in [5.41, 5.74) is 0. The van der Waals surface area contributed by atoms with Gasteiger partial charge in [-0.15, -0.1) is 0 Å². The van der Waals surface area contributed by atoms with Gasteiger partial charge in [-0.25, -0.2) is 0 Å². The summed E-state index contributed by atoms with van der Waals surface area (Å²) in [6.07, 6.45) is 0. The highest BCUT2D eigenvalue weighted by Gasteiger charge is 1.96. The van der Waals surface area contributed by atoms with Crippen molar-refractivity contribution in [1.29, 1.82) is 0 Å². The van der Waals surface area contributed by atoms with Gasteiger partial charge >= 0.3 is 0 Å². The molecule has 20 heavy (non-hydrogen) atoms. The van der Waals surface area contributed by atoms with Gasteiger partial charge in [-0.05, 0) is 7.05 Å². The molecule has 0 saturated heterocycles. The summed E-state index contributed by atoms with van der Waals surface area (Å²) in [5.74, 6) is 0. The molecule has 0 atom stereocenters. The first-order chi connectivity index (χ1) is 9.81. The highest BCUT2D eigenvalue weighted by molar-refractivity contribution is 4.48. The molecule has 0 saturated carbocycles. The van der Waals surface area contributed by atoms with Crippen LogP contribution in [0.5, 0.6) is 0 Å². The summed E-state index contributed by atoms with van der Waals surface area (Å²) in [4.78, 5) is 2.01. The molecule has 0 spiro atoms. The maximum atomic E-state index is 8.71. The van der Waals surface area contributed by atoms with Crippen LogP contribution in [0.3, 0.4) is 0 Å². The van der Waals surface area contributed by atoms with Gasteiger partial charge in [0.25, 0.3) is 0 Å².